The average Bonchev–Trinajstić information content (AvgIpc) is 2.19. The van der Waals surface area contributed by atoms with Gasteiger partial charge in [-0.3, -0.25) is 0 Å². The van der Waals surface area contributed by atoms with E-state index in [1.54, 1.807) is 6.92 Å². The highest BCUT2D eigenvalue weighted by Gasteiger charge is 2.33. The van der Waals surface area contributed by atoms with E-state index in [-0.39, 0.29) is 0 Å². The van der Waals surface area contributed by atoms with E-state index in [4.69, 9.17) is 0 Å². The normalized spacial score (nSPS) is 41.1. The van der Waals surface area contributed by atoms with Crippen LogP contribution in [0.5, 0.6) is 0 Å². The van der Waals surface area contributed by atoms with Crippen molar-refractivity contribution in [2.24, 2.45) is 5.92 Å². The summed E-state index contributed by atoms with van der Waals surface area (Å²) in [5.41, 5.74) is -0.953. The summed E-state index contributed by atoms with van der Waals surface area (Å²) >= 11 is 0. The lowest BCUT2D eigenvalue weighted by molar-refractivity contribution is 0.100. The molecule has 2 rings (SSSR count). The Kier molecular flexibility index (Phi) is 3.10. The maximum atomic E-state index is 13.5. The molecule has 0 amide bonds. The summed E-state index contributed by atoms with van der Waals surface area (Å²) < 4.78 is 13.5. The topological polar surface area (TPSA) is 12.0 Å². The molecule has 1 aliphatic carbocycles. The smallest absolute Gasteiger partial charge is 0.120 e. The SMILES string of the molecule is CC1(F)CCC(C2CCCCC2)NC1. The lowest BCUT2D eigenvalue weighted by Crippen LogP contribution is -2.49. The van der Waals surface area contributed by atoms with Gasteiger partial charge in [0.1, 0.15) is 5.67 Å². The van der Waals surface area contributed by atoms with Crippen molar-refractivity contribution < 1.29 is 4.39 Å². The Balaban J connectivity index is 1.82. The summed E-state index contributed by atoms with van der Waals surface area (Å²) in [5, 5.41) is 3.40. The van der Waals surface area contributed by atoms with Crippen molar-refractivity contribution in [1.82, 2.24) is 5.32 Å². The van der Waals surface area contributed by atoms with Gasteiger partial charge in [0.15, 0.2) is 0 Å². The van der Waals surface area contributed by atoms with E-state index >= 15 is 0 Å². The minimum atomic E-state index is -0.953. The quantitative estimate of drug-likeness (QED) is 0.684. The van der Waals surface area contributed by atoms with Gasteiger partial charge in [-0.1, -0.05) is 19.3 Å². The molecule has 2 unspecified atom stereocenters. The largest absolute Gasteiger partial charge is 0.311 e. The summed E-state index contributed by atoms with van der Waals surface area (Å²) in [7, 11) is 0. The van der Waals surface area contributed by atoms with Gasteiger partial charge in [0.2, 0.25) is 0 Å². The Morgan fingerprint density at radius 1 is 1.14 bits per heavy atom. The third-order valence-electron chi connectivity index (χ3n) is 3.93. The van der Waals surface area contributed by atoms with Crippen molar-refractivity contribution in [3.8, 4) is 0 Å². The highest BCUT2D eigenvalue weighted by Crippen LogP contribution is 2.32. The lowest BCUT2D eigenvalue weighted by atomic mass is 9.79. The van der Waals surface area contributed by atoms with Crippen molar-refractivity contribution in [2.75, 3.05) is 6.54 Å². The molecule has 82 valence electrons. The molecule has 0 bridgehead atoms. The van der Waals surface area contributed by atoms with E-state index < -0.39 is 5.67 Å². The van der Waals surface area contributed by atoms with Crippen LogP contribution in [0.2, 0.25) is 0 Å². The monoisotopic (exact) mass is 199 g/mol. The maximum absolute atomic E-state index is 13.5. The van der Waals surface area contributed by atoms with Crippen LogP contribution in [0.15, 0.2) is 0 Å². The highest BCUT2D eigenvalue weighted by molar-refractivity contribution is 4.90. The zero-order valence-electron chi connectivity index (χ0n) is 9.19. The highest BCUT2D eigenvalue weighted by atomic mass is 19.1. The average molecular weight is 199 g/mol. The Morgan fingerprint density at radius 2 is 1.86 bits per heavy atom. The molecule has 0 aromatic rings. The molecule has 2 heteroatoms. The Hall–Kier alpha value is -0.110. The molecule has 0 spiro atoms. The zero-order valence-corrected chi connectivity index (χ0v) is 9.19. The van der Waals surface area contributed by atoms with E-state index in [1.807, 2.05) is 0 Å². The molecular formula is C12H22FN. The van der Waals surface area contributed by atoms with Gasteiger partial charge in [-0.25, -0.2) is 4.39 Å². The second kappa shape index (κ2) is 4.18. The predicted octanol–water partition coefficient (Wildman–Crippen LogP) is 3.05. The van der Waals surface area contributed by atoms with Crippen LogP contribution in [0.4, 0.5) is 4.39 Å². The van der Waals surface area contributed by atoms with Gasteiger partial charge in [-0.15, -0.1) is 0 Å². The Morgan fingerprint density at radius 3 is 2.43 bits per heavy atom. The molecule has 1 nitrogen and oxygen atoms in total. The first-order chi connectivity index (χ1) is 6.67. The molecule has 14 heavy (non-hydrogen) atoms. The van der Waals surface area contributed by atoms with E-state index in [2.05, 4.69) is 5.32 Å². The lowest BCUT2D eigenvalue weighted by Gasteiger charge is -2.38. The fourth-order valence-corrected chi connectivity index (χ4v) is 2.93. The molecule has 1 saturated carbocycles. The van der Waals surface area contributed by atoms with E-state index in [0.29, 0.717) is 12.6 Å². The third-order valence-corrected chi connectivity index (χ3v) is 3.93. The van der Waals surface area contributed by atoms with Crippen LogP contribution in [-0.4, -0.2) is 18.3 Å². The van der Waals surface area contributed by atoms with Gasteiger partial charge in [0.05, 0.1) is 0 Å². The van der Waals surface area contributed by atoms with Crippen molar-refractivity contribution in [3.63, 3.8) is 0 Å². The molecule has 1 aliphatic heterocycles. The predicted molar refractivity (Wildman–Crippen MR) is 57.1 cm³/mol. The Bertz CT molecular complexity index is 175. The van der Waals surface area contributed by atoms with Gasteiger partial charge in [0, 0.05) is 12.6 Å². The second-order valence-corrected chi connectivity index (χ2v) is 5.34. The standard InChI is InChI=1S/C12H22FN/c1-12(13)8-7-11(14-9-12)10-5-3-2-4-6-10/h10-11,14H,2-9H2,1H3. The molecule has 0 aromatic carbocycles. The first-order valence-electron chi connectivity index (χ1n) is 6.10. The van der Waals surface area contributed by atoms with E-state index in [1.165, 1.54) is 32.1 Å². The number of alkyl halides is 1. The van der Waals surface area contributed by atoms with Crippen molar-refractivity contribution in [1.29, 1.82) is 0 Å². The summed E-state index contributed by atoms with van der Waals surface area (Å²) in [5.74, 6) is 0.833. The van der Waals surface area contributed by atoms with E-state index in [0.717, 1.165) is 18.8 Å². The van der Waals surface area contributed by atoms with Crippen LogP contribution in [0.1, 0.15) is 51.9 Å². The fourth-order valence-electron chi connectivity index (χ4n) is 2.93. The summed E-state index contributed by atoms with van der Waals surface area (Å²) in [6.45, 7) is 2.28. The van der Waals surface area contributed by atoms with Gasteiger partial charge in [0.25, 0.3) is 0 Å². The molecule has 2 atom stereocenters. The molecule has 0 aromatic heterocycles. The first kappa shape index (κ1) is 10.4. The van der Waals surface area contributed by atoms with Crippen molar-refractivity contribution in [3.05, 3.63) is 0 Å². The molecule has 1 N–H and O–H groups in total. The number of piperidine rings is 1. The fraction of sp³-hybridized carbons (Fsp3) is 1.00. The van der Waals surface area contributed by atoms with Crippen molar-refractivity contribution >= 4 is 0 Å². The molecule has 2 aliphatic rings. The number of hydrogen-bond acceptors (Lipinski definition) is 1. The molecular weight excluding hydrogens is 177 g/mol. The maximum Gasteiger partial charge on any atom is 0.120 e. The third kappa shape index (κ3) is 2.47. The minimum absolute atomic E-state index is 0.564. The van der Waals surface area contributed by atoms with Gasteiger partial charge >= 0.3 is 0 Å². The van der Waals surface area contributed by atoms with Crippen LogP contribution < -0.4 is 5.32 Å². The van der Waals surface area contributed by atoms with Crippen LogP contribution in [0.3, 0.4) is 0 Å². The molecule has 0 radical (unpaired) electrons. The summed E-state index contributed by atoms with van der Waals surface area (Å²) in [6.07, 6.45) is 8.69. The molecule has 2 fully saturated rings. The Labute approximate surface area is 86.5 Å². The number of halogens is 1. The second-order valence-electron chi connectivity index (χ2n) is 5.34. The van der Waals surface area contributed by atoms with E-state index in [9.17, 15) is 4.39 Å². The number of nitrogens with one attached hydrogen (secondary N) is 1. The number of rotatable bonds is 1. The summed E-state index contributed by atoms with van der Waals surface area (Å²) in [6, 6.07) is 0.610. The minimum Gasteiger partial charge on any atom is -0.311 e. The summed E-state index contributed by atoms with van der Waals surface area (Å²) in [4.78, 5) is 0. The van der Waals surface area contributed by atoms with Crippen LogP contribution in [-0.2, 0) is 0 Å². The van der Waals surface area contributed by atoms with Crippen LogP contribution in [0.25, 0.3) is 0 Å². The van der Waals surface area contributed by atoms with Gasteiger partial charge in [-0.05, 0) is 38.5 Å². The molecule has 1 saturated heterocycles. The van der Waals surface area contributed by atoms with Crippen LogP contribution >= 0.6 is 0 Å². The zero-order chi connectivity index (χ0) is 10.0. The van der Waals surface area contributed by atoms with Gasteiger partial charge < -0.3 is 5.32 Å². The first-order valence-corrected chi connectivity index (χ1v) is 6.10. The van der Waals surface area contributed by atoms with Gasteiger partial charge in [-0.2, -0.15) is 0 Å². The number of hydrogen-bond donors (Lipinski definition) is 1. The van der Waals surface area contributed by atoms with Crippen molar-refractivity contribution in [2.45, 2.75) is 63.6 Å². The molecule has 1 heterocycles. The van der Waals surface area contributed by atoms with Crippen LogP contribution in [0, 0.1) is 5.92 Å².